The molecule has 0 aromatic rings. The van der Waals surface area contributed by atoms with Gasteiger partial charge in [0.2, 0.25) is 0 Å². The molecule has 1 rings (SSSR count). The maximum absolute atomic E-state index is 5.96. The van der Waals surface area contributed by atoms with Crippen LogP contribution in [-0.4, -0.2) is 19.6 Å². The van der Waals surface area contributed by atoms with E-state index in [1.165, 1.54) is 25.7 Å². The van der Waals surface area contributed by atoms with Crippen LogP contribution in [0.15, 0.2) is 0 Å². The minimum absolute atomic E-state index is 0.366. The Bertz CT molecular complexity index is 184. The van der Waals surface area contributed by atoms with Crippen molar-refractivity contribution in [2.24, 2.45) is 34.5 Å². The molecule has 1 saturated carbocycles. The molecular weight excluding hydrogens is 186 g/mol. The lowest BCUT2D eigenvalue weighted by Gasteiger charge is -2.43. The first-order chi connectivity index (χ1) is 7.17. The lowest BCUT2D eigenvalue weighted by Crippen LogP contribution is -2.40. The summed E-state index contributed by atoms with van der Waals surface area (Å²) < 4.78 is 0. The Morgan fingerprint density at radius 2 is 2.00 bits per heavy atom. The molecule has 3 nitrogen and oxygen atoms in total. The van der Waals surface area contributed by atoms with E-state index in [4.69, 9.17) is 17.2 Å². The molecule has 0 spiro atoms. The van der Waals surface area contributed by atoms with E-state index in [9.17, 15) is 0 Å². The molecular formula is C12H27N3. The maximum Gasteiger partial charge on any atom is -0.00204 e. The number of hydrogen-bond acceptors (Lipinski definition) is 3. The van der Waals surface area contributed by atoms with Crippen molar-refractivity contribution >= 4 is 0 Å². The van der Waals surface area contributed by atoms with Crippen LogP contribution in [-0.2, 0) is 0 Å². The van der Waals surface area contributed by atoms with Crippen LogP contribution >= 0.6 is 0 Å². The Morgan fingerprint density at radius 3 is 2.47 bits per heavy atom. The fraction of sp³-hybridized carbons (Fsp3) is 1.00. The summed E-state index contributed by atoms with van der Waals surface area (Å²) in [4.78, 5) is 0. The van der Waals surface area contributed by atoms with E-state index in [1.807, 2.05) is 0 Å². The van der Waals surface area contributed by atoms with Gasteiger partial charge >= 0.3 is 0 Å². The molecule has 0 aliphatic heterocycles. The van der Waals surface area contributed by atoms with Crippen molar-refractivity contribution < 1.29 is 0 Å². The standard InChI is InChI=1S/C12H27N3/c1-10-7-12(9-15,4-2-6-13)5-3-11(10)8-14/h10-11H,2-9,13-15H2,1H3. The molecule has 0 aromatic carbocycles. The highest BCUT2D eigenvalue weighted by Gasteiger charge is 2.36. The molecule has 0 radical (unpaired) electrons. The lowest BCUT2D eigenvalue weighted by atomic mass is 9.64. The van der Waals surface area contributed by atoms with Gasteiger partial charge in [-0.25, -0.2) is 0 Å². The van der Waals surface area contributed by atoms with Gasteiger partial charge in [0.05, 0.1) is 0 Å². The summed E-state index contributed by atoms with van der Waals surface area (Å²) in [5.41, 5.74) is 17.7. The fourth-order valence-electron chi connectivity index (χ4n) is 3.07. The van der Waals surface area contributed by atoms with Gasteiger partial charge in [-0.05, 0) is 69.0 Å². The third kappa shape index (κ3) is 3.16. The van der Waals surface area contributed by atoms with E-state index in [1.54, 1.807) is 0 Å². The second kappa shape index (κ2) is 5.83. The largest absolute Gasteiger partial charge is 0.330 e. The van der Waals surface area contributed by atoms with Gasteiger partial charge in [-0.1, -0.05) is 6.92 Å². The van der Waals surface area contributed by atoms with E-state index in [2.05, 4.69) is 6.92 Å². The molecule has 6 N–H and O–H groups in total. The minimum atomic E-state index is 0.366. The topological polar surface area (TPSA) is 78.1 Å². The van der Waals surface area contributed by atoms with E-state index in [-0.39, 0.29) is 0 Å². The summed E-state index contributed by atoms with van der Waals surface area (Å²) in [6, 6.07) is 0. The Labute approximate surface area is 93.8 Å². The average molecular weight is 213 g/mol. The van der Waals surface area contributed by atoms with Crippen LogP contribution in [0.4, 0.5) is 0 Å². The number of rotatable bonds is 5. The summed E-state index contributed by atoms with van der Waals surface area (Å²) in [6.45, 7) is 4.76. The highest BCUT2D eigenvalue weighted by molar-refractivity contribution is 4.89. The number of nitrogens with two attached hydrogens (primary N) is 3. The maximum atomic E-state index is 5.96. The van der Waals surface area contributed by atoms with Gasteiger partial charge in [0, 0.05) is 0 Å². The van der Waals surface area contributed by atoms with Crippen LogP contribution in [0.2, 0.25) is 0 Å². The van der Waals surface area contributed by atoms with Gasteiger partial charge in [0.15, 0.2) is 0 Å². The first-order valence-corrected chi connectivity index (χ1v) is 6.27. The average Bonchev–Trinajstić information content (AvgIpc) is 2.26. The van der Waals surface area contributed by atoms with E-state index >= 15 is 0 Å². The quantitative estimate of drug-likeness (QED) is 0.639. The summed E-state index contributed by atoms with van der Waals surface area (Å²) in [5, 5.41) is 0. The molecule has 0 aromatic heterocycles. The number of hydrogen-bond donors (Lipinski definition) is 3. The third-order valence-electron chi connectivity index (χ3n) is 4.25. The fourth-order valence-corrected chi connectivity index (χ4v) is 3.07. The molecule has 15 heavy (non-hydrogen) atoms. The Hall–Kier alpha value is -0.120. The first-order valence-electron chi connectivity index (χ1n) is 6.27. The monoisotopic (exact) mass is 213 g/mol. The smallest absolute Gasteiger partial charge is 0.00204 e. The van der Waals surface area contributed by atoms with Crippen LogP contribution in [0.3, 0.4) is 0 Å². The summed E-state index contributed by atoms with van der Waals surface area (Å²) in [7, 11) is 0. The molecule has 0 saturated heterocycles. The van der Waals surface area contributed by atoms with Crippen molar-refractivity contribution in [1.82, 2.24) is 0 Å². The molecule has 3 atom stereocenters. The predicted octanol–water partition coefficient (Wildman–Crippen LogP) is 1.07. The summed E-state index contributed by atoms with van der Waals surface area (Å²) in [6.07, 6.45) is 6.04. The van der Waals surface area contributed by atoms with Gasteiger partial charge in [-0.15, -0.1) is 0 Å². The van der Waals surface area contributed by atoms with Crippen LogP contribution in [0.1, 0.15) is 39.0 Å². The van der Waals surface area contributed by atoms with Crippen LogP contribution < -0.4 is 17.2 Å². The van der Waals surface area contributed by atoms with Crippen LogP contribution in [0, 0.1) is 17.3 Å². The van der Waals surface area contributed by atoms with Crippen molar-refractivity contribution in [2.75, 3.05) is 19.6 Å². The minimum Gasteiger partial charge on any atom is -0.330 e. The predicted molar refractivity (Wildman–Crippen MR) is 65.3 cm³/mol. The van der Waals surface area contributed by atoms with Crippen LogP contribution in [0.5, 0.6) is 0 Å². The Kier molecular flexibility index (Phi) is 5.03. The lowest BCUT2D eigenvalue weighted by molar-refractivity contribution is 0.0958. The zero-order valence-corrected chi connectivity index (χ0v) is 10.0. The molecule has 1 fully saturated rings. The molecule has 0 amide bonds. The Balaban J connectivity index is 2.53. The SMILES string of the molecule is CC1CC(CN)(CCCN)CCC1CN. The molecule has 0 bridgehead atoms. The van der Waals surface area contributed by atoms with Crippen molar-refractivity contribution in [2.45, 2.75) is 39.0 Å². The van der Waals surface area contributed by atoms with Gasteiger partial charge in [0.1, 0.15) is 0 Å². The summed E-state index contributed by atoms with van der Waals surface area (Å²) >= 11 is 0. The highest BCUT2D eigenvalue weighted by Crippen LogP contribution is 2.44. The van der Waals surface area contributed by atoms with Crippen molar-refractivity contribution in [1.29, 1.82) is 0 Å². The van der Waals surface area contributed by atoms with Crippen molar-refractivity contribution in [3.63, 3.8) is 0 Å². The van der Waals surface area contributed by atoms with Crippen LogP contribution in [0.25, 0.3) is 0 Å². The van der Waals surface area contributed by atoms with E-state index in [0.29, 0.717) is 11.3 Å². The highest BCUT2D eigenvalue weighted by atomic mass is 14.6. The second-order valence-corrected chi connectivity index (χ2v) is 5.31. The molecule has 90 valence electrons. The van der Waals surface area contributed by atoms with Gasteiger partial charge in [0.25, 0.3) is 0 Å². The van der Waals surface area contributed by atoms with Crippen molar-refractivity contribution in [3.05, 3.63) is 0 Å². The van der Waals surface area contributed by atoms with Crippen molar-refractivity contribution in [3.8, 4) is 0 Å². The summed E-state index contributed by atoms with van der Waals surface area (Å²) in [5.74, 6) is 1.44. The molecule has 3 heteroatoms. The van der Waals surface area contributed by atoms with Gasteiger partial charge < -0.3 is 17.2 Å². The Morgan fingerprint density at radius 1 is 1.27 bits per heavy atom. The van der Waals surface area contributed by atoms with E-state index in [0.717, 1.165) is 32.0 Å². The van der Waals surface area contributed by atoms with Gasteiger partial charge in [-0.3, -0.25) is 0 Å². The van der Waals surface area contributed by atoms with E-state index < -0.39 is 0 Å². The molecule has 1 aliphatic rings. The molecule has 3 unspecified atom stereocenters. The zero-order valence-electron chi connectivity index (χ0n) is 10.0. The first kappa shape index (κ1) is 12.9. The zero-order chi connectivity index (χ0) is 11.3. The second-order valence-electron chi connectivity index (χ2n) is 5.31. The normalized spacial score (nSPS) is 36.8. The molecule has 1 aliphatic carbocycles. The molecule has 0 heterocycles. The third-order valence-corrected chi connectivity index (χ3v) is 4.25. The van der Waals surface area contributed by atoms with Gasteiger partial charge in [-0.2, -0.15) is 0 Å².